The lowest BCUT2D eigenvalue weighted by atomic mass is 10.0. The third-order valence-electron chi connectivity index (χ3n) is 3.87. The first-order valence-electron chi connectivity index (χ1n) is 7.36. The maximum atomic E-state index is 12.1. The number of hydrogen-bond acceptors (Lipinski definition) is 4. The molecule has 1 aromatic carbocycles. The Bertz CT molecular complexity index is 434. The van der Waals surface area contributed by atoms with Crippen molar-refractivity contribution in [2.24, 2.45) is 0 Å². The maximum absolute atomic E-state index is 12.1. The summed E-state index contributed by atoms with van der Waals surface area (Å²) in [6, 6.07) is 7.97. The Labute approximate surface area is 121 Å². The molecule has 1 N–H and O–H groups in total. The van der Waals surface area contributed by atoms with Gasteiger partial charge in [0.25, 0.3) is 0 Å². The van der Waals surface area contributed by atoms with Crippen molar-refractivity contribution in [2.75, 3.05) is 39.8 Å². The van der Waals surface area contributed by atoms with E-state index in [1.807, 2.05) is 24.3 Å². The maximum Gasteiger partial charge on any atom is 0.178 e. The Morgan fingerprint density at radius 3 is 2.30 bits per heavy atom. The predicted octanol–water partition coefficient (Wildman–Crippen LogP) is 1.74. The average molecular weight is 275 g/mol. The highest BCUT2D eigenvalue weighted by molar-refractivity contribution is 5.97. The van der Waals surface area contributed by atoms with Gasteiger partial charge in [-0.15, -0.1) is 0 Å². The molecule has 0 aliphatic carbocycles. The Morgan fingerprint density at radius 1 is 1.15 bits per heavy atom. The molecular formula is C16H25N3O. The molecule has 0 aromatic heterocycles. The lowest BCUT2D eigenvalue weighted by Gasteiger charge is -2.32. The molecule has 1 aliphatic heterocycles. The fraction of sp³-hybridized carbons (Fsp3) is 0.562. The number of piperazine rings is 1. The van der Waals surface area contributed by atoms with E-state index in [0.717, 1.165) is 31.7 Å². The van der Waals surface area contributed by atoms with E-state index < -0.39 is 0 Å². The van der Waals surface area contributed by atoms with Crippen molar-refractivity contribution in [3.63, 3.8) is 0 Å². The van der Waals surface area contributed by atoms with Crippen molar-refractivity contribution in [1.82, 2.24) is 15.3 Å². The molecular weight excluding hydrogens is 250 g/mol. The van der Waals surface area contributed by atoms with Crippen molar-refractivity contribution in [1.29, 1.82) is 0 Å². The highest BCUT2D eigenvalue weighted by Crippen LogP contribution is 2.14. The van der Waals surface area contributed by atoms with Crippen LogP contribution in [0.15, 0.2) is 24.3 Å². The molecule has 1 heterocycles. The van der Waals surface area contributed by atoms with Gasteiger partial charge in [0.2, 0.25) is 0 Å². The van der Waals surface area contributed by atoms with Crippen molar-refractivity contribution in [3.8, 4) is 0 Å². The van der Waals surface area contributed by atoms with Crippen LogP contribution in [0.4, 0.5) is 0 Å². The minimum absolute atomic E-state index is 0.152. The number of Topliss-reactive ketones (excluding diaryl/α,β-unsaturated/α-hetero) is 1. The number of likely N-dealkylation sites (N-methyl/N-ethyl adjacent to an activating group) is 1. The summed E-state index contributed by atoms with van der Waals surface area (Å²) in [5.74, 6) is 0.654. The lowest BCUT2D eigenvalue weighted by molar-refractivity contribution is 0.0838. The van der Waals surface area contributed by atoms with Crippen molar-refractivity contribution in [2.45, 2.75) is 19.8 Å². The molecule has 1 saturated heterocycles. The summed E-state index contributed by atoms with van der Waals surface area (Å²) in [6.45, 7) is 8.73. The number of rotatable bonds is 5. The number of nitrogens with one attached hydrogen (secondary N) is 1. The van der Waals surface area contributed by atoms with Crippen LogP contribution in [-0.4, -0.2) is 55.5 Å². The summed E-state index contributed by atoms with van der Waals surface area (Å²) < 4.78 is 0. The second-order valence-corrected chi connectivity index (χ2v) is 5.83. The van der Waals surface area contributed by atoms with Crippen LogP contribution in [-0.2, 0) is 0 Å². The highest BCUT2D eigenvalue weighted by atomic mass is 16.1. The third-order valence-corrected chi connectivity index (χ3v) is 3.87. The van der Waals surface area contributed by atoms with Gasteiger partial charge < -0.3 is 4.90 Å². The van der Waals surface area contributed by atoms with E-state index in [1.165, 1.54) is 5.56 Å². The molecule has 0 spiro atoms. The molecule has 1 aromatic rings. The zero-order valence-electron chi connectivity index (χ0n) is 12.7. The molecule has 2 rings (SSSR count). The molecule has 0 unspecified atom stereocenters. The Balaban J connectivity index is 1.82. The fourth-order valence-electron chi connectivity index (χ4n) is 2.30. The molecule has 0 radical (unpaired) electrons. The molecule has 20 heavy (non-hydrogen) atoms. The second kappa shape index (κ2) is 6.97. The summed E-state index contributed by atoms with van der Waals surface area (Å²) in [6.07, 6.45) is 0. The third kappa shape index (κ3) is 4.13. The molecule has 0 atom stereocenters. The van der Waals surface area contributed by atoms with Crippen molar-refractivity contribution < 1.29 is 4.79 Å². The van der Waals surface area contributed by atoms with Crippen LogP contribution in [0.2, 0.25) is 0 Å². The van der Waals surface area contributed by atoms with E-state index in [2.05, 4.69) is 36.2 Å². The predicted molar refractivity (Wildman–Crippen MR) is 81.9 cm³/mol. The zero-order chi connectivity index (χ0) is 14.5. The van der Waals surface area contributed by atoms with Crippen LogP contribution in [0.3, 0.4) is 0 Å². The van der Waals surface area contributed by atoms with Gasteiger partial charge in [0.1, 0.15) is 0 Å². The monoisotopic (exact) mass is 275 g/mol. The number of carbonyl (C=O) groups excluding carboxylic acids is 1. The summed E-state index contributed by atoms with van der Waals surface area (Å²) >= 11 is 0. The fourth-order valence-corrected chi connectivity index (χ4v) is 2.30. The van der Waals surface area contributed by atoms with Gasteiger partial charge in [0, 0.05) is 31.7 Å². The van der Waals surface area contributed by atoms with Gasteiger partial charge in [-0.1, -0.05) is 38.1 Å². The zero-order valence-corrected chi connectivity index (χ0v) is 12.7. The lowest BCUT2D eigenvalue weighted by Crippen LogP contribution is -2.51. The molecule has 4 heteroatoms. The molecule has 0 bridgehead atoms. The molecule has 1 fully saturated rings. The quantitative estimate of drug-likeness (QED) is 0.830. The van der Waals surface area contributed by atoms with E-state index in [4.69, 9.17) is 0 Å². The van der Waals surface area contributed by atoms with Crippen LogP contribution in [0.1, 0.15) is 35.7 Å². The number of carbonyl (C=O) groups is 1. The topological polar surface area (TPSA) is 35.6 Å². The minimum Gasteiger partial charge on any atom is -0.304 e. The van der Waals surface area contributed by atoms with Gasteiger partial charge in [-0.2, -0.15) is 0 Å². The van der Waals surface area contributed by atoms with Gasteiger partial charge in [-0.3, -0.25) is 4.79 Å². The van der Waals surface area contributed by atoms with Crippen LogP contribution < -0.4 is 5.43 Å². The summed E-state index contributed by atoms with van der Waals surface area (Å²) in [7, 11) is 2.12. The van der Waals surface area contributed by atoms with Gasteiger partial charge in [-0.25, -0.2) is 10.4 Å². The number of hydrogen-bond donors (Lipinski definition) is 1. The first-order valence-corrected chi connectivity index (χ1v) is 7.36. The number of nitrogens with zero attached hydrogens (tertiary/aromatic N) is 2. The van der Waals surface area contributed by atoms with E-state index >= 15 is 0 Å². The van der Waals surface area contributed by atoms with E-state index in [1.54, 1.807) is 0 Å². The minimum atomic E-state index is 0.152. The Hall–Kier alpha value is -1.23. The first-order chi connectivity index (χ1) is 9.56. The molecule has 110 valence electrons. The van der Waals surface area contributed by atoms with Crippen LogP contribution in [0.5, 0.6) is 0 Å². The SMILES string of the molecule is CC(C)c1ccc(C(=O)CNN2CCN(C)CC2)cc1. The summed E-state index contributed by atoms with van der Waals surface area (Å²) in [4.78, 5) is 14.4. The average Bonchev–Trinajstić information content (AvgIpc) is 2.46. The van der Waals surface area contributed by atoms with Crippen molar-refractivity contribution >= 4 is 5.78 Å². The van der Waals surface area contributed by atoms with Crippen molar-refractivity contribution in [3.05, 3.63) is 35.4 Å². The van der Waals surface area contributed by atoms with Gasteiger partial charge >= 0.3 is 0 Å². The Kier molecular flexibility index (Phi) is 5.29. The largest absolute Gasteiger partial charge is 0.304 e. The van der Waals surface area contributed by atoms with E-state index in [0.29, 0.717) is 12.5 Å². The highest BCUT2D eigenvalue weighted by Gasteiger charge is 2.14. The standard InChI is InChI=1S/C16H25N3O/c1-13(2)14-4-6-15(7-5-14)16(20)12-17-19-10-8-18(3)9-11-19/h4-7,13,17H,8-12H2,1-3H3. The van der Waals surface area contributed by atoms with Gasteiger partial charge in [0.15, 0.2) is 5.78 Å². The molecule has 0 saturated carbocycles. The van der Waals surface area contributed by atoms with Gasteiger partial charge in [0.05, 0.1) is 6.54 Å². The normalized spacial score (nSPS) is 17.6. The van der Waals surface area contributed by atoms with Crippen LogP contribution in [0.25, 0.3) is 0 Å². The molecule has 1 aliphatic rings. The van der Waals surface area contributed by atoms with E-state index in [-0.39, 0.29) is 5.78 Å². The van der Waals surface area contributed by atoms with E-state index in [9.17, 15) is 4.79 Å². The summed E-state index contributed by atoms with van der Waals surface area (Å²) in [5.41, 5.74) is 5.29. The first kappa shape index (κ1) is 15.2. The molecule has 0 amide bonds. The number of benzene rings is 1. The van der Waals surface area contributed by atoms with Crippen LogP contribution >= 0.6 is 0 Å². The number of ketones is 1. The smallest absolute Gasteiger partial charge is 0.178 e. The van der Waals surface area contributed by atoms with Crippen LogP contribution in [0, 0.1) is 0 Å². The summed E-state index contributed by atoms with van der Waals surface area (Å²) in [5, 5.41) is 2.14. The second-order valence-electron chi connectivity index (χ2n) is 5.83. The molecule has 4 nitrogen and oxygen atoms in total. The number of hydrazine groups is 1. The van der Waals surface area contributed by atoms with Gasteiger partial charge in [-0.05, 0) is 18.5 Å². The Morgan fingerprint density at radius 2 is 1.75 bits per heavy atom.